The van der Waals surface area contributed by atoms with Crippen molar-refractivity contribution >= 4 is 11.6 Å². The number of nitrogens with two attached hydrogens (primary N) is 1. The van der Waals surface area contributed by atoms with Crippen LogP contribution < -0.4 is 5.73 Å². The number of hydrogen-bond donors (Lipinski definition) is 1. The van der Waals surface area contributed by atoms with E-state index in [1.54, 1.807) is 6.92 Å². The van der Waals surface area contributed by atoms with Crippen molar-refractivity contribution in [3.8, 4) is 0 Å². The normalized spacial score (nSPS) is 15.3. The van der Waals surface area contributed by atoms with Gasteiger partial charge in [-0.3, -0.25) is 0 Å². The molecule has 0 aromatic carbocycles. The summed E-state index contributed by atoms with van der Waals surface area (Å²) in [6.07, 6.45) is 1.46. The number of rotatable bonds is 1. The van der Waals surface area contributed by atoms with Gasteiger partial charge in [0.25, 0.3) is 0 Å². The van der Waals surface area contributed by atoms with Crippen molar-refractivity contribution in [2.45, 2.75) is 13.8 Å². The van der Waals surface area contributed by atoms with Crippen LogP contribution in [0.25, 0.3) is 0 Å². The van der Waals surface area contributed by atoms with Crippen LogP contribution in [-0.2, 0) is 0 Å². The number of hydrogen-bond acceptors (Lipinski definition) is 1. The number of halogens is 2. The molecule has 0 unspecified atom stereocenters. The van der Waals surface area contributed by atoms with E-state index in [1.165, 1.54) is 13.0 Å². The summed E-state index contributed by atoms with van der Waals surface area (Å²) in [6, 6.07) is 0. The Morgan fingerprint density at radius 3 is 2.22 bits per heavy atom. The van der Waals surface area contributed by atoms with Crippen LogP contribution in [0.4, 0.5) is 4.39 Å². The van der Waals surface area contributed by atoms with Crippen molar-refractivity contribution in [3.63, 3.8) is 0 Å². The molecule has 0 atom stereocenters. The molecule has 9 heavy (non-hydrogen) atoms. The predicted octanol–water partition coefficient (Wildman–Crippen LogP) is 2.29. The summed E-state index contributed by atoms with van der Waals surface area (Å²) in [5, 5.41) is 0.0885. The van der Waals surface area contributed by atoms with E-state index in [0.29, 0.717) is 0 Å². The van der Waals surface area contributed by atoms with Crippen LogP contribution in [0, 0.1) is 0 Å². The molecule has 0 bridgehead atoms. The molecule has 0 aliphatic heterocycles. The van der Waals surface area contributed by atoms with E-state index in [9.17, 15) is 4.39 Å². The Hall–Kier alpha value is -0.500. The molecule has 2 N–H and O–H groups in total. The Kier molecular flexibility index (Phi) is 3.32. The first-order valence-electron chi connectivity index (χ1n) is 2.53. The molecule has 0 amide bonds. The van der Waals surface area contributed by atoms with Crippen molar-refractivity contribution in [3.05, 3.63) is 22.6 Å². The van der Waals surface area contributed by atoms with E-state index in [4.69, 9.17) is 17.3 Å². The number of allylic oxidation sites excluding steroid dienone is 3. The zero-order valence-electron chi connectivity index (χ0n) is 5.41. The summed E-state index contributed by atoms with van der Waals surface area (Å²) in [5.41, 5.74) is 5.25. The lowest BCUT2D eigenvalue weighted by Crippen LogP contribution is -1.97. The minimum atomic E-state index is -0.542. The van der Waals surface area contributed by atoms with Crippen LogP contribution in [0.5, 0.6) is 0 Å². The van der Waals surface area contributed by atoms with Crippen molar-refractivity contribution in [1.29, 1.82) is 0 Å². The summed E-state index contributed by atoms with van der Waals surface area (Å²) in [7, 11) is 0. The first-order valence-corrected chi connectivity index (χ1v) is 2.91. The maximum atomic E-state index is 12.5. The van der Waals surface area contributed by atoms with Gasteiger partial charge in [-0.05, 0) is 13.8 Å². The maximum absolute atomic E-state index is 12.5. The fourth-order valence-corrected chi connectivity index (χ4v) is 0.435. The third-order valence-electron chi connectivity index (χ3n) is 0.867. The standard InChI is InChI=1S/C6H9ClFN/c1-3-5(9)6(8)4(2)7/h3H,9H2,1-2H3/b5-3+,6-4-. The summed E-state index contributed by atoms with van der Waals surface area (Å²) in [6.45, 7) is 3.10. The second kappa shape index (κ2) is 3.51. The monoisotopic (exact) mass is 149 g/mol. The van der Waals surface area contributed by atoms with Crippen molar-refractivity contribution in [2.75, 3.05) is 0 Å². The highest BCUT2D eigenvalue weighted by atomic mass is 35.5. The first-order chi connectivity index (χ1) is 4.09. The van der Waals surface area contributed by atoms with Crippen LogP contribution in [-0.4, -0.2) is 0 Å². The molecule has 0 aromatic heterocycles. The van der Waals surface area contributed by atoms with Gasteiger partial charge in [0.2, 0.25) is 0 Å². The van der Waals surface area contributed by atoms with Gasteiger partial charge in [-0.25, -0.2) is 4.39 Å². The third kappa shape index (κ3) is 2.51. The molecular weight excluding hydrogens is 141 g/mol. The largest absolute Gasteiger partial charge is 0.397 e. The first kappa shape index (κ1) is 8.50. The van der Waals surface area contributed by atoms with Gasteiger partial charge < -0.3 is 5.73 Å². The molecule has 3 heteroatoms. The van der Waals surface area contributed by atoms with Gasteiger partial charge >= 0.3 is 0 Å². The summed E-state index contributed by atoms with van der Waals surface area (Å²) in [4.78, 5) is 0. The molecule has 0 rings (SSSR count). The Balaban J connectivity index is 4.40. The molecule has 0 heterocycles. The minimum absolute atomic E-state index is 0.0856. The van der Waals surface area contributed by atoms with Crippen LogP contribution >= 0.6 is 11.6 Å². The zero-order valence-corrected chi connectivity index (χ0v) is 6.17. The summed E-state index contributed by atoms with van der Waals surface area (Å²) in [5.74, 6) is -0.542. The van der Waals surface area contributed by atoms with Crippen molar-refractivity contribution < 1.29 is 4.39 Å². The second-order valence-electron chi connectivity index (χ2n) is 1.59. The Morgan fingerprint density at radius 1 is 1.67 bits per heavy atom. The van der Waals surface area contributed by atoms with Gasteiger partial charge in [0, 0.05) is 0 Å². The molecule has 1 nitrogen and oxygen atoms in total. The molecule has 0 radical (unpaired) electrons. The second-order valence-corrected chi connectivity index (χ2v) is 2.16. The van der Waals surface area contributed by atoms with E-state index in [-0.39, 0.29) is 10.7 Å². The average Bonchev–Trinajstić information content (AvgIpc) is 1.84. The van der Waals surface area contributed by atoms with E-state index in [2.05, 4.69) is 0 Å². The molecule has 0 aliphatic rings. The molecule has 0 fully saturated rings. The highest BCUT2D eigenvalue weighted by Gasteiger charge is 1.99. The molecular formula is C6H9ClFN. The molecule has 0 saturated carbocycles. The van der Waals surface area contributed by atoms with Gasteiger partial charge in [0.1, 0.15) is 0 Å². The smallest absolute Gasteiger partial charge is 0.159 e. The van der Waals surface area contributed by atoms with E-state index in [0.717, 1.165) is 0 Å². The Morgan fingerprint density at radius 2 is 2.11 bits per heavy atom. The highest BCUT2D eigenvalue weighted by molar-refractivity contribution is 6.29. The summed E-state index contributed by atoms with van der Waals surface area (Å²) < 4.78 is 12.5. The van der Waals surface area contributed by atoms with Crippen molar-refractivity contribution in [1.82, 2.24) is 0 Å². The van der Waals surface area contributed by atoms with E-state index < -0.39 is 5.83 Å². The van der Waals surface area contributed by atoms with Gasteiger partial charge in [-0.1, -0.05) is 17.7 Å². The van der Waals surface area contributed by atoms with E-state index >= 15 is 0 Å². The van der Waals surface area contributed by atoms with Gasteiger partial charge in [0.05, 0.1) is 10.7 Å². The third-order valence-corrected chi connectivity index (χ3v) is 1.03. The molecule has 0 saturated heterocycles. The predicted molar refractivity (Wildman–Crippen MR) is 37.6 cm³/mol. The Labute approximate surface area is 59.0 Å². The summed E-state index contributed by atoms with van der Waals surface area (Å²) >= 11 is 5.29. The lowest BCUT2D eigenvalue weighted by Gasteiger charge is -1.95. The molecule has 0 aromatic rings. The lowest BCUT2D eigenvalue weighted by atomic mass is 10.3. The van der Waals surface area contributed by atoms with Crippen molar-refractivity contribution in [2.24, 2.45) is 5.73 Å². The van der Waals surface area contributed by atoms with E-state index in [1.807, 2.05) is 0 Å². The average molecular weight is 150 g/mol. The highest BCUT2D eigenvalue weighted by Crippen LogP contribution is 2.14. The van der Waals surface area contributed by atoms with Crippen LogP contribution in [0.1, 0.15) is 13.8 Å². The maximum Gasteiger partial charge on any atom is 0.159 e. The molecule has 0 aliphatic carbocycles. The fraction of sp³-hybridized carbons (Fsp3) is 0.333. The van der Waals surface area contributed by atoms with Crippen LogP contribution in [0.2, 0.25) is 0 Å². The van der Waals surface area contributed by atoms with Crippen LogP contribution in [0.3, 0.4) is 0 Å². The van der Waals surface area contributed by atoms with Gasteiger partial charge in [-0.2, -0.15) is 0 Å². The fourth-order valence-electron chi connectivity index (χ4n) is 0.326. The quantitative estimate of drug-likeness (QED) is 0.569. The van der Waals surface area contributed by atoms with Gasteiger partial charge in [0.15, 0.2) is 5.83 Å². The van der Waals surface area contributed by atoms with Crippen LogP contribution in [0.15, 0.2) is 22.6 Å². The van der Waals surface area contributed by atoms with Gasteiger partial charge in [-0.15, -0.1) is 0 Å². The SMILES string of the molecule is C/C=C(N)\C(F)=C(/C)Cl. The topological polar surface area (TPSA) is 26.0 Å². The lowest BCUT2D eigenvalue weighted by molar-refractivity contribution is 0.643. The Bertz CT molecular complexity index is 156. The minimum Gasteiger partial charge on any atom is -0.397 e. The molecule has 0 spiro atoms. The zero-order chi connectivity index (χ0) is 7.44. The molecule has 52 valence electrons.